The van der Waals surface area contributed by atoms with Gasteiger partial charge in [-0.25, -0.2) is 4.98 Å². The Morgan fingerprint density at radius 1 is 1.69 bits per heavy atom. The van der Waals surface area contributed by atoms with Crippen LogP contribution in [0.15, 0.2) is 18.3 Å². The summed E-state index contributed by atoms with van der Waals surface area (Å²) < 4.78 is 5.60. The molecule has 1 aliphatic heterocycles. The molecule has 0 saturated carbocycles. The molecule has 1 saturated heterocycles. The summed E-state index contributed by atoms with van der Waals surface area (Å²) in [5, 5.41) is 8.87. The van der Waals surface area contributed by atoms with Crippen LogP contribution in [-0.2, 0) is 0 Å². The molecule has 84 valence electrons. The summed E-state index contributed by atoms with van der Waals surface area (Å²) in [6, 6.07) is 5.55. The topological polar surface area (TPSA) is 49.1 Å². The molecule has 1 unspecified atom stereocenters. The van der Waals surface area contributed by atoms with E-state index in [9.17, 15) is 0 Å². The van der Waals surface area contributed by atoms with E-state index in [0.29, 0.717) is 24.0 Å². The van der Waals surface area contributed by atoms with Crippen molar-refractivity contribution in [3.05, 3.63) is 23.9 Å². The van der Waals surface area contributed by atoms with Crippen LogP contribution in [0, 0.1) is 17.2 Å². The van der Waals surface area contributed by atoms with Crippen molar-refractivity contribution < 1.29 is 4.74 Å². The van der Waals surface area contributed by atoms with Gasteiger partial charge in [0.25, 0.3) is 0 Å². The van der Waals surface area contributed by atoms with Crippen LogP contribution in [0.25, 0.3) is 0 Å². The van der Waals surface area contributed by atoms with Gasteiger partial charge < -0.3 is 9.64 Å². The van der Waals surface area contributed by atoms with E-state index < -0.39 is 0 Å². The highest BCUT2D eigenvalue weighted by Crippen LogP contribution is 2.18. The molecule has 1 aliphatic rings. The number of nitriles is 1. The van der Waals surface area contributed by atoms with Gasteiger partial charge in [-0.15, -0.1) is 0 Å². The van der Waals surface area contributed by atoms with Gasteiger partial charge in [-0.05, 0) is 32.1 Å². The van der Waals surface area contributed by atoms with Crippen LogP contribution in [-0.4, -0.2) is 36.6 Å². The fourth-order valence-electron chi connectivity index (χ4n) is 1.95. The molecule has 0 aliphatic carbocycles. The average Bonchev–Trinajstić information content (AvgIpc) is 2.73. The van der Waals surface area contributed by atoms with E-state index >= 15 is 0 Å². The second kappa shape index (κ2) is 4.95. The van der Waals surface area contributed by atoms with Gasteiger partial charge in [0.2, 0.25) is 5.88 Å². The van der Waals surface area contributed by atoms with Crippen LogP contribution in [0.1, 0.15) is 12.0 Å². The first-order valence-corrected chi connectivity index (χ1v) is 5.46. The maximum Gasteiger partial charge on any atom is 0.231 e. The molecule has 16 heavy (non-hydrogen) atoms. The fourth-order valence-corrected chi connectivity index (χ4v) is 1.95. The van der Waals surface area contributed by atoms with Gasteiger partial charge in [0.15, 0.2) is 0 Å². The lowest BCUT2D eigenvalue weighted by Gasteiger charge is -2.11. The van der Waals surface area contributed by atoms with Gasteiger partial charge in [-0.2, -0.15) is 5.26 Å². The molecule has 0 bridgehead atoms. The molecule has 1 fully saturated rings. The third-order valence-electron chi connectivity index (χ3n) is 2.84. The SMILES string of the molecule is CN1CCC(COc2ncccc2C#N)C1. The van der Waals surface area contributed by atoms with Gasteiger partial charge in [-0.1, -0.05) is 0 Å². The highest BCUT2D eigenvalue weighted by Gasteiger charge is 2.20. The maximum absolute atomic E-state index is 8.87. The number of nitrogens with zero attached hydrogens (tertiary/aromatic N) is 3. The Labute approximate surface area is 95.5 Å². The van der Waals surface area contributed by atoms with Gasteiger partial charge in [0.05, 0.1) is 6.61 Å². The number of aromatic nitrogens is 1. The lowest BCUT2D eigenvalue weighted by molar-refractivity contribution is 0.240. The summed E-state index contributed by atoms with van der Waals surface area (Å²) in [7, 11) is 2.11. The molecular formula is C12H15N3O. The van der Waals surface area contributed by atoms with Gasteiger partial charge in [0, 0.05) is 18.7 Å². The van der Waals surface area contributed by atoms with Crippen molar-refractivity contribution >= 4 is 0 Å². The summed E-state index contributed by atoms with van der Waals surface area (Å²) in [5.41, 5.74) is 0.508. The molecule has 0 N–H and O–H groups in total. The van der Waals surface area contributed by atoms with Crippen molar-refractivity contribution in [3.63, 3.8) is 0 Å². The quantitative estimate of drug-likeness (QED) is 0.765. The third kappa shape index (κ3) is 2.50. The summed E-state index contributed by atoms with van der Waals surface area (Å²) in [6.07, 6.45) is 2.81. The number of pyridine rings is 1. The van der Waals surface area contributed by atoms with Crippen LogP contribution >= 0.6 is 0 Å². The first-order valence-electron chi connectivity index (χ1n) is 5.46. The first-order chi connectivity index (χ1) is 7.79. The Balaban J connectivity index is 1.92. The maximum atomic E-state index is 8.87. The van der Waals surface area contributed by atoms with Gasteiger partial charge >= 0.3 is 0 Å². The zero-order valence-electron chi connectivity index (χ0n) is 9.39. The largest absolute Gasteiger partial charge is 0.476 e. The van der Waals surface area contributed by atoms with Crippen molar-refractivity contribution in [2.75, 3.05) is 26.7 Å². The predicted octanol–water partition coefficient (Wildman–Crippen LogP) is 1.28. The molecule has 1 aromatic rings. The lowest BCUT2D eigenvalue weighted by atomic mass is 10.1. The molecule has 1 aromatic heterocycles. The van der Waals surface area contributed by atoms with Crippen LogP contribution in [0.4, 0.5) is 0 Å². The van der Waals surface area contributed by atoms with Crippen LogP contribution in [0.3, 0.4) is 0 Å². The normalized spacial score (nSPS) is 20.6. The van der Waals surface area contributed by atoms with Gasteiger partial charge in [0.1, 0.15) is 11.6 Å². The van der Waals surface area contributed by atoms with Crippen LogP contribution in [0.2, 0.25) is 0 Å². The van der Waals surface area contributed by atoms with E-state index in [1.807, 2.05) is 0 Å². The predicted molar refractivity (Wildman–Crippen MR) is 60.1 cm³/mol. The highest BCUT2D eigenvalue weighted by molar-refractivity contribution is 5.36. The zero-order valence-corrected chi connectivity index (χ0v) is 9.39. The van der Waals surface area contributed by atoms with E-state index in [1.54, 1.807) is 18.3 Å². The molecule has 0 amide bonds. The number of rotatable bonds is 3. The Morgan fingerprint density at radius 2 is 2.56 bits per heavy atom. The van der Waals surface area contributed by atoms with Crippen molar-refractivity contribution in [3.8, 4) is 11.9 Å². The average molecular weight is 217 g/mol. The first kappa shape index (κ1) is 10.9. The van der Waals surface area contributed by atoms with E-state index in [0.717, 1.165) is 19.5 Å². The second-order valence-electron chi connectivity index (χ2n) is 4.20. The molecule has 2 heterocycles. The monoisotopic (exact) mass is 217 g/mol. The zero-order chi connectivity index (χ0) is 11.4. The summed E-state index contributed by atoms with van der Waals surface area (Å²) >= 11 is 0. The second-order valence-corrected chi connectivity index (χ2v) is 4.20. The summed E-state index contributed by atoms with van der Waals surface area (Å²) in [6.45, 7) is 2.84. The minimum absolute atomic E-state index is 0.458. The van der Waals surface area contributed by atoms with Gasteiger partial charge in [-0.3, -0.25) is 0 Å². The van der Waals surface area contributed by atoms with E-state index in [4.69, 9.17) is 10.00 Å². The van der Waals surface area contributed by atoms with Crippen molar-refractivity contribution in [1.82, 2.24) is 9.88 Å². The Kier molecular flexibility index (Phi) is 3.37. The summed E-state index contributed by atoms with van der Waals surface area (Å²) in [5.74, 6) is 1.01. The number of hydrogen-bond acceptors (Lipinski definition) is 4. The Morgan fingerprint density at radius 3 is 3.25 bits per heavy atom. The summed E-state index contributed by atoms with van der Waals surface area (Å²) in [4.78, 5) is 6.36. The number of likely N-dealkylation sites (tertiary alicyclic amines) is 1. The van der Waals surface area contributed by atoms with Crippen LogP contribution in [0.5, 0.6) is 5.88 Å². The molecule has 0 radical (unpaired) electrons. The molecular weight excluding hydrogens is 202 g/mol. The third-order valence-corrected chi connectivity index (χ3v) is 2.84. The number of hydrogen-bond donors (Lipinski definition) is 0. The van der Waals surface area contributed by atoms with E-state index in [1.165, 1.54) is 0 Å². The van der Waals surface area contributed by atoms with E-state index in [-0.39, 0.29) is 0 Å². The molecule has 0 spiro atoms. The van der Waals surface area contributed by atoms with Crippen molar-refractivity contribution in [2.45, 2.75) is 6.42 Å². The minimum Gasteiger partial charge on any atom is -0.476 e. The Bertz CT molecular complexity index is 399. The molecule has 0 aromatic carbocycles. The fraction of sp³-hybridized carbons (Fsp3) is 0.500. The smallest absolute Gasteiger partial charge is 0.231 e. The van der Waals surface area contributed by atoms with Crippen molar-refractivity contribution in [2.24, 2.45) is 5.92 Å². The van der Waals surface area contributed by atoms with E-state index in [2.05, 4.69) is 23.0 Å². The molecule has 1 atom stereocenters. The minimum atomic E-state index is 0.458. The van der Waals surface area contributed by atoms with Crippen molar-refractivity contribution in [1.29, 1.82) is 5.26 Å². The number of ether oxygens (including phenoxy) is 1. The highest BCUT2D eigenvalue weighted by atomic mass is 16.5. The van der Waals surface area contributed by atoms with Crippen LogP contribution < -0.4 is 4.74 Å². The molecule has 4 nitrogen and oxygen atoms in total. The molecule has 2 rings (SSSR count). The standard InChI is InChI=1S/C12H15N3O/c1-15-6-4-10(8-15)9-16-12-11(7-13)3-2-5-14-12/h2-3,5,10H,4,6,8-9H2,1H3. The lowest BCUT2D eigenvalue weighted by Crippen LogP contribution is -2.18. The molecule has 4 heteroatoms. The Hall–Kier alpha value is -1.60.